The Kier molecular flexibility index (Phi) is 9.04. The topological polar surface area (TPSA) is 113 Å². The molecule has 198 valence electrons. The van der Waals surface area contributed by atoms with Crippen LogP contribution in [0.15, 0.2) is 71.3 Å². The van der Waals surface area contributed by atoms with Crippen LogP contribution in [-0.4, -0.2) is 41.2 Å². The molecular weight excluding hydrogens is 550 g/mol. The highest BCUT2D eigenvalue weighted by atomic mass is 79.9. The van der Waals surface area contributed by atoms with Crippen molar-refractivity contribution in [3.8, 4) is 11.5 Å². The molecule has 38 heavy (non-hydrogen) atoms. The first-order chi connectivity index (χ1) is 18.3. The number of benzene rings is 3. The lowest BCUT2D eigenvalue weighted by atomic mass is 10.0. The molecule has 8 nitrogen and oxygen atoms in total. The molecule has 1 amide bonds. The number of anilines is 1. The number of aromatic nitrogens is 1. The molecule has 0 aliphatic rings. The highest BCUT2D eigenvalue weighted by molar-refractivity contribution is 9.10. The number of amides is 1. The molecule has 0 radical (unpaired) electrons. The Balaban J connectivity index is 1.42. The maximum atomic E-state index is 12.4. The van der Waals surface area contributed by atoms with E-state index in [1.54, 1.807) is 12.1 Å². The number of fused-ring (bicyclic) bond motifs is 1. The summed E-state index contributed by atoms with van der Waals surface area (Å²) in [5, 5.41) is 16.8. The number of aliphatic carboxylic acids is 1. The fourth-order valence-electron chi connectivity index (χ4n) is 4.07. The number of hydrogen-bond donors (Lipinski definition) is 4. The summed E-state index contributed by atoms with van der Waals surface area (Å²) in [6, 6.07) is 18.0. The Hall–Kier alpha value is -3.82. The molecule has 9 heteroatoms. The Morgan fingerprint density at radius 1 is 1.03 bits per heavy atom. The molecule has 1 unspecified atom stereocenters. The van der Waals surface area contributed by atoms with Crippen molar-refractivity contribution in [2.24, 2.45) is 0 Å². The Labute approximate surface area is 229 Å². The van der Waals surface area contributed by atoms with Crippen molar-refractivity contribution in [1.29, 1.82) is 0 Å². The van der Waals surface area contributed by atoms with Crippen LogP contribution in [0, 0.1) is 6.92 Å². The number of carbonyl (C=O) groups is 2. The van der Waals surface area contributed by atoms with E-state index in [9.17, 15) is 14.7 Å². The summed E-state index contributed by atoms with van der Waals surface area (Å²) in [4.78, 5) is 27.6. The average molecular weight is 580 g/mol. The number of carboxylic acid groups (broad SMARTS) is 1. The maximum absolute atomic E-state index is 12.4. The lowest BCUT2D eigenvalue weighted by Crippen LogP contribution is -2.38. The summed E-state index contributed by atoms with van der Waals surface area (Å²) >= 11 is 3.55. The van der Waals surface area contributed by atoms with E-state index in [0.717, 1.165) is 27.6 Å². The average Bonchev–Trinajstić information content (AvgIpc) is 3.31. The van der Waals surface area contributed by atoms with Crippen LogP contribution < -0.4 is 20.1 Å². The number of ether oxygens (including phenoxy) is 2. The van der Waals surface area contributed by atoms with Gasteiger partial charge in [-0.1, -0.05) is 51.8 Å². The van der Waals surface area contributed by atoms with Gasteiger partial charge in [-0.2, -0.15) is 0 Å². The summed E-state index contributed by atoms with van der Waals surface area (Å²) in [6.07, 6.45) is 2.18. The monoisotopic (exact) mass is 579 g/mol. The molecule has 1 heterocycles. The Morgan fingerprint density at radius 2 is 1.76 bits per heavy atom. The smallest absolute Gasteiger partial charge is 0.321 e. The van der Waals surface area contributed by atoms with Gasteiger partial charge in [0.15, 0.2) is 18.1 Å². The highest BCUT2D eigenvalue weighted by Crippen LogP contribution is 2.34. The number of H-pyrrole nitrogens is 1. The first-order valence-corrected chi connectivity index (χ1v) is 13.1. The van der Waals surface area contributed by atoms with Crippen LogP contribution in [0.2, 0.25) is 0 Å². The number of aromatic amines is 1. The maximum Gasteiger partial charge on any atom is 0.321 e. The van der Waals surface area contributed by atoms with E-state index < -0.39 is 12.0 Å². The van der Waals surface area contributed by atoms with Crippen LogP contribution in [0.3, 0.4) is 0 Å². The van der Waals surface area contributed by atoms with Gasteiger partial charge in [0.05, 0.1) is 6.61 Å². The zero-order valence-electron chi connectivity index (χ0n) is 21.2. The molecule has 4 rings (SSSR count). The van der Waals surface area contributed by atoms with Gasteiger partial charge in [-0.3, -0.25) is 14.9 Å². The first kappa shape index (κ1) is 27.2. The van der Waals surface area contributed by atoms with Crippen LogP contribution in [0.5, 0.6) is 11.5 Å². The predicted octanol–water partition coefficient (Wildman–Crippen LogP) is 5.44. The van der Waals surface area contributed by atoms with Crippen LogP contribution >= 0.6 is 15.9 Å². The molecule has 4 N–H and O–H groups in total. The third kappa shape index (κ3) is 6.93. The van der Waals surface area contributed by atoms with Gasteiger partial charge in [-0.25, -0.2) is 0 Å². The van der Waals surface area contributed by atoms with Crippen LogP contribution in [-0.2, 0) is 22.6 Å². The van der Waals surface area contributed by atoms with Crippen LogP contribution in [0.4, 0.5) is 5.69 Å². The van der Waals surface area contributed by atoms with Crippen molar-refractivity contribution in [1.82, 2.24) is 10.3 Å². The second-order valence-corrected chi connectivity index (χ2v) is 9.72. The molecule has 3 aromatic carbocycles. The first-order valence-electron chi connectivity index (χ1n) is 12.3. The van der Waals surface area contributed by atoms with E-state index in [-0.39, 0.29) is 19.1 Å². The Morgan fingerprint density at radius 3 is 2.50 bits per heavy atom. The van der Waals surface area contributed by atoms with E-state index in [1.807, 2.05) is 68.6 Å². The van der Waals surface area contributed by atoms with Crippen molar-refractivity contribution in [2.45, 2.75) is 32.9 Å². The van der Waals surface area contributed by atoms with Gasteiger partial charge in [-0.05, 0) is 55.3 Å². The van der Waals surface area contributed by atoms with E-state index in [4.69, 9.17) is 9.47 Å². The van der Waals surface area contributed by atoms with Gasteiger partial charge in [0.1, 0.15) is 6.04 Å². The summed E-state index contributed by atoms with van der Waals surface area (Å²) < 4.78 is 12.2. The number of hydrogen-bond acceptors (Lipinski definition) is 5. The molecule has 0 spiro atoms. The molecule has 0 aliphatic carbocycles. The zero-order chi connectivity index (χ0) is 27.1. The van der Waals surface area contributed by atoms with Gasteiger partial charge in [0.2, 0.25) is 0 Å². The van der Waals surface area contributed by atoms with E-state index in [1.165, 1.54) is 0 Å². The van der Waals surface area contributed by atoms with Gasteiger partial charge in [0.25, 0.3) is 5.91 Å². The van der Waals surface area contributed by atoms with E-state index in [0.29, 0.717) is 34.7 Å². The van der Waals surface area contributed by atoms with E-state index >= 15 is 0 Å². The number of aryl methyl sites for hydroxylation is 1. The SMILES string of the molecule is CCOc1cc(CNC(Cc2c[nH]c3ccccc23)C(=O)O)c(Br)cc1OCC(=O)Nc1ccc(C)cc1. The van der Waals surface area contributed by atoms with E-state index in [2.05, 4.69) is 31.5 Å². The van der Waals surface area contributed by atoms with Crippen LogP contribution in [0.25, 0.3) is 10.9 Å². The molecule has 0 bridgehead atoms. The highest BCUT2D eigenvalue weighted by Gasteiger charge is 2.21. The number of carboxylic acids is 1. The van der Waals surface area contributed by atoms with Gasteiger partial charge < -0.3 is 24.9 Å². The molecule has 4 aromatic rings. The number of para-hydroxylation sites is 1. The van der Waals surface area contributed by atoms with Crippen molar-refractivity contribution >= 4 is 44.4 Å². The number of halogens is 1. The van der Waals surface area contributed by atoms with Gasteiger partial charge in [0, 0.05) is 40.2 Å². The lowest BCUT2D eigenvalue weighted by molar-refractivity contribution is -0.139. The largest absolute Gasteiger partial charge is 0.490 e. The normalized spacial score (nSPS) is 11.8. The summed E-state index contributed by atoms with van der Waals surface area (Å²) in [5.41, 5.74) is 4.50. The van der Waals surface area contributed by atoms with Crippen molar-refractivity contribution in [2.75, 3.05) is 18.5 Å². The lowest BCUT2D eigenvalue weighted by Gasteiger charge is -2.18. The number of nitrogens with one attached hydrogen (secondary N) is 3. The molecular formula is C29H30BrN3O5. The molecule has 0 saturated heterocycles. The second kappa shape index (κ2) is 12.6. The fraction of sp³-hybridized carbons (Fsp3) is 0.241. The third-order valence-corrected chi connectivity index (χ3v) is 6.78. The van der Waals surface area contributed by atoms with Crippen LogP contribution in [0.1, 0.15) is 23.6 Å². The van der Waals surface area contributed by atoms with Gasteiger partial charge >= 0.3 is 5.97 Å². The molecule has 0 fully saturated rings. The second-order valence-electron chi connectivity index (χ2n) is 8.86. The van der Waals surface area contributed by atoms with Crippen molar-refractivity contribution in [3.05, 3.63) is 88.0 Å². The third-order valence-electron chi connectivity index (χ3n) is 6.04. The van der Waals surface area contributed by atoms with Crippen molar-refractivity contribution in [3.63, 3.8) is 0 Å². The molecule has 0 saturated carbocycles. The minimum Gasteiger partial charge on any atom is -0.490 e. The Bertz CT molecular complexity index is 1420. The minimum absolute atomic E-state index is 0.191. The summed E-state index contributed by atoms with van der Waals surface area (Å²) in [5.74, 6) is -0.343. The molecule has 1 aromatic heterocycles. The minimum atomic E-state index is -0.934. The van der Waals surface area contributed by atoms with Crippen molar-refractivity contribution < 1.29 is 24.2 Å². The quantitative estimate of drug-likeness (QED) is 0.178. The zero-order valence-corrected chi connectivity index (χ0v) is 22.8. The molecule has 0 aliphatic heterocycles. The predicted molar refractivity (Wildman–Crippen MR) is 151 cm³/mol. The standard InChI is InChI=1S/C29H30BrN3O5/c1-3-37-26-13-20(16-32-25(29(35)36)12-19-15-31-24-7-5-4-6-22(19)24)23(30)14-27(26)38-17-28(34)33-21-10-8-18(2)9-11-21/h4-11,13-15,25,31-32H,3,12,16-17H2,1-2H3,(H,33,34)(H,35,36). The molecule has 1 atom stereocenters. The summed E-state index contributed by atoms with van der Waals surface area (Å²) in [6.45, 7) is 4.33. The number of carbonyl (C=O) groups excluding carboxylic acids is 1. The van der Waals surface area contributed by atoms with Gasteiger partial charge in [-0.15, -0.1) is 0 Å². The fourth-order valence-corrected chi connectivity index (χ4v) is 4.53. The number of rotatable bonds is 12. The summed E-state index contributed by atoms with van der Waals surface area (Å²) in [7, 11) is 0.